The summed E-state index contributed by atoms with van der Waals surface area (Å²) in [5, 5.41) is 14.2. The van der Waals surface area contributed by atoms with Crippen LogP contribution in [0.3, 0.4) is 0 Å². The van der Waals surface area contributed by atoms with E-state index in [9.17, 15) is 4.79 Å². The van der Waals surface area contributed by atoms with Crippen LogP contribution in [0.5, 0.6) is 0 Å². The summed E-state index contributed by atoms with van der Waals surface area (Å²) in [6, 6.07) is 5.20. The van der Waals surface area contributed by atoms with Gasteiger partial charge in [-0.1, -0.05) is 17.3 Å². The van der Waals surface area contributed by atoms with E-state index < -0.39 is 6.09 Å². The van der Waals surface area contributed by atoms with Crippen molar-refractivity contribution in [1.29, 1.82) is 0 Å². The van der Waals surface area contributed by atoms with Gasteiger partial charge in [0.2, 0.25) is 0 Å². The summed E-state index contributed by atoms with van der Waals surface area (Å²) in [5.74, 6) is -0.0603. The first-order valence-corrected chi connectivity index (χ1v) is 5.11. The van der Waals surface area contributed by atoms with Gasteiger partial charge in [-0.05, 0) is 25.5 Å². The summed E-state index contributed by atoms with van der Waals surface area (Å²) in [7, 11) is 0. The molecule has 1 rings (SSSR count). The molecule has 6 heteroatoms. The number of hydrogen-bond acceptors (Lipinski definition) is 4. The second kappa shape index (κ2) is 5.74. The smallest absolute Gasteiger partial charge is 0.411 e. The maximum atomic E-state index is 11.3. The molecule has 0 fully saturated rings. The Balaban J connectivity index is 3.07. The van der Waals surface area contributed by atoms with Crippen LogP contribution in [0.1, 0.15) is 18.1 Å². The molecule has 17 heavy (non-hydrogen) atoms. The average Bonchev–Trinajstić information content (AvgIpc) is 2.28. The molecule has 0 radical (unpaired) electrons. The molecule has 0 spiro atoms. The molecule has 0 unspecified atom stereocenters. The van der Waals surface area contributed by atoms with Crippen LogP contribution in [0.15, 0.2) is 23.4 Å². The van der Waals surface area contributed by atoms with E-state index in [4.69, 9.17) is 15.7 Å². The highest BCUT2D eigenvalue weighted by Gasteiger charge is 2.12. The second-order valence-corrected chi connectivity index (χ2v) is 3.33. The Morgan fingerprint density at radius 2 is 2.29 bits per heavy atom. The van der Waals surface area contributed by atoms with Crippen molar-refractivity contribution < 1.29 is 14.7 Å². The highest BCUT2D eigenvalue weighted by atomic mass is 16.5. The van der Waals surface area contributed by atoms with Crippen molar-refractivity contribution in [2.24, 2.45) is 10.9 Å². The van der Waals surface area contributed by atoms with Crippen molar-refractivity contribution in [3.8, 4) is 0 Å². The number of nitrogens with one attached hydrogen (secondary N) is 1. The molecule has 0 heterocycles. The van der Waals surface area contributed by atoms with E-state index in [0.29, 0.717) is 11.3 Å². The van der Waals surface area contributed by atoms with Crippen molar-refractivity contribution in [3.63, 3.8) is 0 Å². The number of ether oxygens (including phenoxy) is 1. The molecule has 1 aromatic carbocycles. The number of nitrogens with two attached hydrogens (primary N) is 1. The Bertz CT molecular complexity index is 444. The van der Waals surface area contributed by atoms with Crippen LogP contribution in [0, 0.1) is 6.92 Å². The summed E-state index contributed by atoms with van der Waals surface area (Å²) in [5.41, 5.74) is 7.26. The number of hydrogen-bond donors (Lipinski definition) is 3. The van der Waals surface area contributed by atoms with Gasteiger partial charge in [-0.3, -0.25) is 5.32 Å². The molecule has 0 atom stereocenters. The van der Waals surface area contributed by atoms with Gasteiger partial charge in [-0.15, -0.1) is 0 Å². The molecule has 92 valence electrons. The molecule has 0 aromatic heterocycles. The summed E-state index contributed by atoms with van der Waals surface area (Å²) >= 11 is 0. The van der Waals surface area contributed by atoms with Crippen molar-refractivity contribution >= 4 is 17.6 Å². The molecule has 1 aromatic rings. The molecular formula is C11H15N3O3. The number of aryl methyl sites for hydroxylation is 1. The van der Waals surface area contributed by atoms with Crippen LogP contribution in [0.4, 0.5) is 10.5 Å². The minimum Gasteiger partial charge on any atom is -0.450 e. The molecular weight excluding hydrogens is 222 g/mol. The highest BCUT2D eigenvalue weighted by Crippen LogP contribution is 2.19. The number of anilines is 1. The molecule has 1 amide bonds. The lowest BCUT2D eigenvalue weighted by Crippen LogP contribution is -2.20. The largest absolute Gasteiger partial charge is 0.450 e. The van der Waals surface area contributed by atoms with Gasteiger partial charge in [-0.2, -0.15) is 0 Å². The van der Waals surface area contributed by atoms with E-state index in [2.05, 4.69) is 10.5 Å². The van der Waals surface area contributed by atoms with Crippen LogP contribution in [0.2, 0.25) is 0 Å². The van der Waals surface area contributed by atoms with Crippen LogP contribution in [-0.2, 0) is 4.74 Å². The van der Waals surface area contributed by atoms with E-state index in [1.165, 1.54) is 0 Å². The minimum atomic E-state index is -0.579. The van der Waals surface area contributed by atoms with Crippen LogP contribution in [-0.4, -0.2) is 23.7 Å². The van der Waals surface area contributed by atoms with E-state index >= 15 is 0 Å². The predicted octanol–water partition coefficient (Wildman–Crippen LogP) is 1.66. The van der Waals surface area contributed by atoms with Crippen molar-refractivity contribution in [3.05, 3.63) is 29.3 Å². The lowest BCUT2D eigenvalue weighted by atomic mass is 10.1. The monoisotopic (exact) mass is 237 g/mol. The number of amides is 1. The zero-order valence-corrected chi connectivity index (χ0v) is 9.73. The first-order valence-electron chi connectivity index (χ1n) is 5.11. The molecule has 0 saturated carbocycles. The Morgan fingerprint density at radius 1 is 1.59 bits per heavy atom. The van der Waals surface area contributed by atoms with Crippen molar-refractivity contribution in [1.82, 2.24) is 0 Å². The third-order valence-corrected chi connectivity index (χ3v) is 2.15. The van der Waals surface area contributed by atoms with Crippen LogP contribution in [0.25, 0.3) is 0 Å². The molecule has 0 aliphatic rings. The minimum absolute atomic E-state index is 0.0603. The van der Waals surface area contributed by atoms with Gasteiger partial charge >= 0.3 is 6.09 Å². The maximum absolute atomic E-state index is 11.3. The highest BCUT2D eigenvalue weighted by molar-refractivity contribution is 6.05. The normalized spacial score (nSPS) is 11.1. The van der Waals surface area contributed by atoms with Crippen LogP contribution >= 0.6 is 0 Å². The van der Waals surface area contributed by atoms with Gasteiger partial charge in [0.05, 0.1) is 12.3 Å². The third-order valence-electron chi connectivity index (χ3n) is 2.15. The van der Waals surface area contributed by atoms with E-state index in [-0.39, 0.29) is 12.4 Å². The van der Waals surface area contributed by atoms with E-state index in [1.54, 1.807) is 32.0 Å². The molecule has 0 aliphatic carbocycles. The summed E-state index contributed by atoms with van der Waals surface area (Å²) < 4.78 is 4.76. The lowest BCUT2D eigenvalue weighted by Gasteiger charge is -2.12. The fourth-order valence-corrected chi connectivity index (χ4v) is 1.44. The Kier molecular flexibility index (Phi) is 4.33. The standard InChI is InChI=1S/C11H15N3O3/c1-3-17-11(15)13-8-6-4-5-7(2)9(8)10(12)14-16/h4-6,16H,3H2,1-2H3,(H2,12,14)(H,13,15). The number of oxime groups is 1. The summed E-state index contributed by atoms with van der Waals surface area (Å²) in [4.78, 5) is 11.3. The van der Waals surface area contributed by atoms with Gasteiger partial charge in [0.25, 0.3) is 0 Å². The number of rotatable bonds is 3. The predicted molar refractivity (Wildman–Crippen MR) is 64.3 cm³/mol. The average molecular weight is 237 g/mol. The third kappa shape index (κ3) is 3.10. The van der Waals surface area contributed by atoms with Crippen LogP contribution < -0.4 is 11.1 Å². The Labute approximate surface area is 99.1 Å². The zero-order valence-electron chi connectivity index (χ0n) is 9.73. The second-order valence-electron chi connectivity index (χ2n) is 3.33. The van der Waals surface area contributed by atoms with Gasteiger partial charge in [0.15, 0.2) is 5.84 Å². The summed E-state index contributed by atoms with van der Waals surface area (Å²) in [6.07, 6.45) is -0.579. The topological polar surface area (TPSA) is 96.9 Å². The number of nitrogens with zero attached hydrogens (tertiary/aromatic N) is 1. The van der Waals surface area contributed by atoms with Gasteiger partial charge in [0, 0.05) is 5.56 Å². The number of carbonyl (C=O) groups is 1. The molecule has 4 N–H and O–H groups in total. The molecule has 0 aliphatic heterocycles. The first kappa shape index (κ1) is 12.8. The molecule has 0 saturated heterocycles. The maximum Gasteiger partial charge on any atom is 0.411 e. The fraction of sp³-hybridized carbons (Fsp3) is 0.273. The van der Waals surface area contributed by atoms with E-state index in [1.807, 2.05) is 0 Å². The van der Waals surface area contributed by atoms with Gasteiger partial charge in [0.1, 0.15) is 0 Å². The van der Waals surface area contributed by atoms with E-state index in [0.717, 1.165) is 5.56 Å². The number of benzene rings is 1. The van der Waals surface area contributed by atoms with Crippen molar-refractivity contribution in [2.75, 3.05) is 11.9 Å². The number of amidine groups is 1. The van der Waals surface area contributed by atoms with Gasteiger partial charge in [-0.25, -0.2) is 4.79 Å². The SMILES string of the molecule is CCOC(=O)Nc1cccc(C)c1/C(N)=N/O. The summed E-state index contributed by atoms with van der Waals surface area (Å²) in [6.45, 7) is 3.78. The molecule has 6 nitrogen and oxygen atoms in total. The quantitative estimate of drug-likeness (QED) is 0.322. The first-order chi connectivity index (χ1) is 8.10. The molecule has 0 bridgehead atoms. The fourth-order valence-electron chi connectivity index (χ4n) is 1.44. The number of carbonyl (C=O) groups excluding carboxylic acids is 1. The zero-order chi connectivity index (χ0) is 12.8. The Hall–Kier alpha value is -2.24. The lowest BCUT2D eigenvalue weighted by molar-refractivity contribution is 0.168. The Morgan fingerprint density at radius 3 is 2.88 bits per heavy atom. The van der Waals surface area contributed by atoms with Gasteiger partial charge < -0.3 is 15.7 Å². The van der Waals surface area contributed by atoms with Crippen molar-refractivity contribution in [2.45, 2.75) is 13.8 Å².